The predicted molar refractivity (Wildman–Crippen MR) is 227 cm³/mol. The molecule has 4 aliphatic rings. The largest absolute Gasteiger partial charge is 0.324 e. The van der Waals surface area contributed by atoms with Gasteiger partial charge in [0.1, 0.15) is 34.6 Å². The Kier molecular flexibility index (Phi) is 10.6. The number of hydrogen-bond donors (Lipinski definition) is 3. The molecular formula is C45H46N12O2. The second-order valence-electron chi connectivity index (χ2n) is 16.1. The maximum Gasteiger partial charge on any atom is 0.270 e. The number of pyridine rings is 2. The van der Waals surface area contributed by atoms with Crippen molar-refractivity contribution in [3.8, 4) is 12.1 Å². The molecule has 4 aromatic heterocycles. The van der Waals surface area contributed by atoms with Crippen LogP contribution in [0, 0.1) is 22.7 Å². The Morgan fingerprint density at radius 1 is 0.678 bits per heavy atom. The second kappa shape index (κ2) is 16.4. The summed E-state index contributed by atoms with van der Waals surface area (Å²) >= 11 is 0. The van der Waals surface area contributed by atoms with Crippen LogP contribution in [-0.2, 0) is 25.9 Å². The molecule has 0 saturated heterocycles. The lowest BCUT2D eigenvalue weighted by Gasteiger charge is -2.25. The van der Waals surface area contributed by atoms with Crippen LogP contribution in [0.3, 0.4) is 0 Å². The first-order chi connectivity index (χ1) is 28.8. The summed E-state index contributed by atoms with van der Waals surface area (Å²) in [5.74, 6) is 0.925. The lowest BCUT2D eigenvalue weighted by molar-refractivity contribution is 0.313. The minimum absolute atomic E-state index is 0.0942. The van der Waals surface area contributed by atoms with Gasteiger partial charge in [-0.1, -0.05) is 37.8 Å². The van der Waals surface area contributed by atoms with Gasteiger partial charge < -0.3 is 20.9 Å². The van der Waals surface area contributed by atoms with Crippen LogP contribution < -0.4 is 27.1 Å². The highest BCUT2D eigenvalue weighted by Gasteiger charge is 2.25. The first-order valence-corrected chi connectivity index (χ1v) is 20.7. The zero-order valence-corrected chi connectivity index (χ0v) is 33.2. The first kappa shape index (κ1) is 38.1. The number of likely N-dealkylation sites (N-methyl/N-ethyl adjacent to an activating group) is 1. The van der Waals surface area contributed by atoms with Crippen LogP contribution in [0.4, 0.5) is 23.3 Å². The number of hydrogen-bond acceptors (Lipinski definition) is 12. The van der Waals surface area contributed by atoms with Gasteiger partial charge in [-0.15, -0.1) is 0 Å². The van der Waals surface area contributed by atoms with Crippen LogP contribution in [-0.4, -0.2) is 54.1 Å². The van der Waals surface area contributed by atoms with E-state index in [2.05, 4.69) is 67.1 Å². The predicted octanol–water partition coefficient (Wildman–Crippen LogP) is 6.68. The van der Waals surface area contributed by atoms with Crippen molar-refractivity contribution in [1.29, 1.82) is 10.5 Å². The minimum Gasteiger partial charge on any atom is -0.324 e. The average Bonchev–Trinajstić information content (AvgIpc) is 4.00. The van der Waals surface area contributed by atoms with Gasteiger partial charge in [-0.2, -0.15) is 20.5 Å². The summed E-state index contributed by atoms with van der Waals surface area (Å²) in [7, 11) is 2.14. The number of nitrogens with zero attached hydrogens (tertiary/aromatic N) is 9. The summed E-state index contributed by atoms with van der Waals surface area (Å²) in [6.45, 7) is 3.91. The van der Waals surface area contributed by atoms with Gasteiger partial charge in [0.05, 0.1) is 0 Å². The molecule has 59 heavy (non-hydrogen) atoms. The monoisotopic (exact) mass is 786 g/mol. The Balaban J connectivity index is 0.000000152. The summed E-state index contributed by atoms with van der Waals surface area (Å²) < 4.78 is 3.43. The molecule has 298 valence electrons. The van der Waals surface area contributed by atoms with Gasteiger partial charge in [0, 0.05) is 66.3 Å². The summed E-state index contributed by atoms with van der Waals surface area (Å²) in [6, 6.07) is 20.1. The fraction of sp³-hybridized carbons (Fsp3) is 0.378. The number of rotatable bonds is 6. The van der Waals surface area contributed by atoms with E-state index in [0.29, 0.717) is 23.2 Å². The van der Waals surface area contributed by atoms with Crippen molar-refractivity contribution in [3.63, 3.8) is 0 Å². The molecule has 2 fully saturated rings. The first-order valence-electron chi connectivity index (χ1n) is 20.7. The third kappa shape index (κ3) is 7.77. The van der Waals surface area contributed by atoms with Gasteiger partial charge in [0.2, 0.25) is 11.9 Å². The van der Waals surface area contributed by atoms with E-state index in [4.69, 9.17) is 4.98 Å². The third-order valence-corrected chi connectivity index (χ3v) is 12.2. The number of nitriles is 2. The van der Waals surface area contributed by atoms with Gasteiger partial charge in [-0.3, -0.25) is 18.7 Å². The van der Waals surface area contributed by atoms with Crippen molar-refractivity contribution >= 4 is 45.3 Å². The van der Waals surface area contributed by atoms with Crippen LogP contribution in [0.2, 0.25) is 0 Å². The summed E-state index contributed by atoms with van der Waals surface area (Å²) in [5.41, 5.74) is 8.23. The molecule has 6 heterocycles. The Labute approximate surface area is 341 Å². The number of fused-ring (bicyclic) bond motifs is 4. The Bertz CT molecular complexity index is 2790. The number of nitrogens with one attached hydrogen (secondary N) is 3. The van der Waals surface area contributed by atoms with E-state index in [-0.39, 0.29) is 34.3 Å². The summed E-state index contributed by atoms with van der Waals surface area (Å²) in [4.78, 5) is 46.4. The van der Waals surface area contributed by atoms with Gasteiger partial charge in [-0.05, 0) is 111 Å². The molecule has 10 rings (SSSR count). The topological polar surface area (TPSA) is 182 Å². The average molecular weight is 787 g/mol. The van der Waals surface area contributed by atoms with Crippen LogP contribution in [0.15, 0.2) is 70.5 Å². The van der Waals surface area contributed by atoms with E-state index >= 15 is 0 Å². The van der Waals surface area contributed by atoms with Crippen molar-refractivity contribution < 1.29 is 0 Å². The highest BCUT2D eigenvalue weighted by atomic mass is 16.1. The molecule has 2 aliphatic carbocycles. The maximum atomic E-state index is 12.9. The smallest absolute Gasteiger partial charge is 0.270 e. The van der Waals surface area contributed by atoms with Gasteiger partial charge >= 0.3 is 0 Å². The Morgan fingerprint density at radius 2 is 1.19 bits per heavy atom. The Hall–Kier alpha value is -6.48. The zero-order valence-electron chi connectivity index (χ0n) is 33.2. The van der Waals surface area contributed by atoms with Crippen LogP contribution in [0.1, 0.15) is 96.8 Å². The molecule has 14 heteroatoms. The molecule has 2 aromatic carbocycles. The molecule has 0 radical (unpaired) electrons. The fourth-order valence-corrected chi connectivity index (χ4v) is 9.11. The van der Waals surface area contributed by atoms with Crippen LogP contribution in [0.25, 0.3) is 22.1 Å². The molecule has 0 amide bonds. The van der Waals surface area contributed by atoms with Crippen molar-refractivity contribution in [2.75, 3.05) is 30.8 Å². The summed E-state index contributed by atoms with van der Waals surface area (Å²) in [5, 5.41) is 30.2. The van der Waals surface area contributed by atoms with Gasteiger partial charge in [0.15, 0.2) is 0 Å². The number of benzene rings is 2. The molecule has 14 nitrogen and oxygen atoms in total. The highest BCUT2D eigenvalue weighted by molar-refractivity contribution is 5.78. The SMILES string of the molecule is CN1CCc2cc(Nc3ncc4cc(C#N)c(=O)n(C5CCCC5)c4n3)ccc2C1.N#Cc1cc2cnc(Nc3ccc4c(c3)CCNC4)nc2n(C2CCCC2)c1=O. The van der Waals surface area contributed by atoms with E-state index in [1.54, 1.807) is 33.7 Å². The maximum absolute atomic E-state index is 12.9. The molecule has 0 atom stereocenters. The van der Waals surface area contributed by atoms with E-state index in [1.165, 1.54) is 22.3 Å². The third-order valence-electron chi connectivity index (χ3n) is 12.2. The lowest BCUT2D eigenvalue weighted by Crippen LogP contribution is -2.27. The number of aromatic nitrogens is 6. The Morgan fingerprint density at radius 3 is 1.71 bits per heavy atom. The molecule has 0 unspecified atom stereocenters. The van der Waals surface area contributed by atoms with Crippen molar-refractivity contribution in [2.45, 2.75) is 89.4 Å². The fourth-order valence-electron chi connectivity index (χ4n) is 9.11. The number of anilines is 4. The van der Waals surface area contributed by atoms with E-state index < -0.39 is 0 Å². The van der Waals surface area contributed by atoms with E-state index in [0.717, 1.165) is 113 Å². The minimum atomic E-state index is -0.252. The normalized spacial score (nSPS) is 16.8. The van der Waals surface area contributed by atoms with Crippen molar-refractivity contribution in [3.05, 3.63) is 115 Å². The molecule has 0 spiro atoms. The standard InChI is InChI=1S/C23H24N6O.C22H22N6O/c1-28-9-8-15-11-19(7-6-16(15)14-28)26-23-25-13-18-10-17(12-24)22(30)29(21(18)27-23)20-4-2-3-5-20;23-11-16-9-17-13-25-22(26-18-6-5-15-12-24-8-7-14(15)10-18)27-20(17)28(21(16)29)19-3-1-2-4-19/h6-7,10-11,13,20H,2-5,8-9,14H2,1H3,(H,25,26,27);5-6,9-10,13,19,24H,1-4,7-8,12H2,(H,25,26,27). The lowest BCUT2D eigenvalue weighted by atomic mass is 9.99. The second-order valence-corrected chi connectivity index (χ2v) is 16.1. The zero-order chi connectivity index (χ0) is 40.5. The van der Waals surface area contributed by atoms with Crippen molar-refractivity contribution in [1.82, 2.24) is 39.3 Å². The van der Waals surface area contributed by atoms with E-state index in [9.17, 15) is 20.1 Å². The molecule has 3 N–H and O–H groups in total. The van der Waals surface area contributed by atoms with Crippen LogP contribution >= 0.6 is 0 Å². The van der Waals surface area contributed by atoms with Gasteiger partial charge in [-0.25, -0.2) is 9.97 Å². The molecule has 2 aliphatic heterocycles. The quantitative estimate of drug-likeness (QED) is 0.163. The van der Waals surface area contributed by atoms with E-state index in [1.807, 2.05) is 24.3 Å². The molecular weight excluding hydrogens is 741 g/mol. The van der Waals surface area contributed by atoms with Gasteiger partial charge in [0.25, 0.3) is 11.1 Å². The highest BCUT2D eigenvalue weighted by Crippen LogP contribution is 2.33. The summed E-state index contributed by atoms with van der Waals surface area (Å²) in [6.07, 6.45) is 13.6. The molecule has 0 bridgehead atoms. The van der Waals surface area contributed by atoms with Crippen LogP contribution in [0.5, 0.6) is 0 Å². The van der Waals surface area contributed by atoms with Crippen molar-refractivity contribution in [2.24, 2.45) is 0 Å². The molecule has 6 aromatic rings. The molecule has 2 saturated carbocycles.